The predicted molar refractivity (Wildman–Crippen MR) is 115 cm³/mol. The highest BCUT2D eigenvalue weighted by Gasteiger charge is 2.26. The van der Waals surface area contributed by atoms with Crippen LogP contribution < -0.4 is 0 Å². The smallest absolute Gasteiger partial charge is 0.270 e. The highest BCUT2D eigenvalue weighted by atomic mass is 16.6. The molecule has 0 aromatic heterocycles. The molecule has 0 aliphatic carbocycles. The van der Waals surface area contributed by atoms with Crippen LogP contribution >= 0.6 is 0 Å². The Morgan fingerprint density at radius 1 is 1.07 bits per heavy atom. The second-order valence-electron chi connectivity index (χ2n) is 8.84. The molecule has 0 fully saturated rings. The Balaban J connectivity index is 2.65. The number of hydrogen-bond acceptors (Lipinski definition) is 5. The monoisotopic (exact) mass is 395 g/mol. The van der Waals surface area contributed by atoms with E-state index in [1.807, 2.05) is 41.5 Å². The largest absolute Gasteiger partial charge is 0.507 e. The van der Waals surface area contributed by atoms with E-state index < -0.39 is 4.92 Å². The van der Waals surface area contributed by atoms with Gasteiger partial charge in [-0.25, -0.2) is 0 Å². The second-order valence-corrected chi connectivity index (χ2v) is 8.84. The van der Waals surface area contributed by atoms with Crippen LogP contribution in [0.2, 0.25) is 0 Å². The molecule has 0 amide bonds. The first-order chi connectivity index (χ1) is 13.3. The van der Waals surface area contributed by atoms with Gasteiger partial charge in [0.2, 0.25) is 0 Å². The van der Waals surface area contributed by atoms with Gasteiger partial charge in [-0.3, -0.25) is 15.1 Å². The van der Waals surface area contributed by atoms with E-state index in [0.29, 0.717) is 11.3 Å². The molecule has 2 aromatic rings. The van der Waals surface area contributed by atoms with E-state index in [2.05, 4.69) is 15.0 Å². The van der Waals surface area contributed by atoms with Gasteiger partial charge in [0.05, 0.1) is 10.6 Å². The molecule has 0 aliphatic rings. The summed E-state index contributed by atoms with van der Waals surface area (Å²) in [5.74, 6) is 0.245. The lowest BCUT2D eigenvalue weighted by molar-refractivity contribution is -0.384. The normalized spacial score (nSPS) is 12.1. The molecule has 0 heterocycles. The van der Waals surface area contributed by atoms with Gasteiger partial charge in [0.15, 0.2) is 0 Å². The molecule has 2 aromatic carbocycles. The highest BCUT2D eigenvalue weighted by Crippen LogP contribution is 2.41. The molecule has 2 rings (SSSR count). The molecule has 152 valence electrons. The van der Waals surface area contributed by atoms with Crippen LogP contribution in [0.3, 0.4) is 0 Å². The molecule has 8 nitrogen and oxygen atoms in total. The fourth-order valence-corrected chi connectivity index (χ4v) is 2.88. The Labute approximate surface area is 169 Å². The number of phenolic OH excluding ortho intramolecular Hbond substituents is 1. The van der Waals surface area contributed by atoms with Crippen LogP contribution in [0.15, 0.2) is 40.4 Å². The molecule has 0 aliphatic heterocycles. The van der Waals surface area contributed by atoms with Gasteiger partial charge in [0, 0.05) is 45.6 Å². The van der Waals surface area contributed by atoms with E-state index in [1.54, 1.807) is 12.1 Å². The van der Waals surface area contributed by atoms with Crippen molar-refractivity contribution < 1.29 is 10.0 Å². The average Bonchev–Trinajstić information content (AvgIpc) is 2.59. The molecule has 0 spiro atoms. The third-order valence-electron chi connectivity index (χ3n) is 4.44. The van der Waals surface area contributed by atoms with Crippen molar-refractivity contribution in [3.63, 3.8) is 0 Å². The highest BCUT2D eigenvalue weighted by molar-refractivity contribution is 5.89. The Morgan fingerprint density at radius 2 is 1.62 bits per heavy atom. The first-order valence-electron chi connectivity index (χ1n) is 9.10. The van der Waals surface area contributed by atoms with Crippen LogP contribution in [-0.4, -0.2) is 16.2 Å². The number of aromatic hydroxyl groups is 1. The molecule has 29 heavy (non-hydrogen) atoms. The van der Waals surface area contributed by atoms with E-state index >= 15 is 0 Å². The van der Waals surface area contributed by atoms with Crippen molar-refractivity contribution in [3.8, 4) is 5.75 Å². The standard InChI is InChI=1S/C21H25N5O3/c1-20(2,3)16-10-14(11-17(19(16)27)21(4,5)6)23-12-13-9-15(26(28)29)7-8-18(13)24-25-22/h7-12,27H,1-6H3. The number of nitrogens with zero attached hydrogens (tertiary/aromatic N) is 5. The summed E-state index contributed by atoms with van der Waals surface area (Å²) in [5.41, 5.74) is 10.7. The summed E-state index contributed by atoms with van der Waals surface area (Å²) < 4.78 is 0. The quantitative estimate of drug-likeness (QED) is 0.157. The van der Waals surface area contributed by atoms with Gasteiger partial charge < -0.3 is 5.11 Å². The fraction of sp³-hybridized carbons (Fsp3) is 0.381. The van der Waals surface area contributed by atoms with Crippen molar-refractivity contribution >= 4 is 23.3 Å². The molecular weight excluding hydrogens is 370 g/mol. The van der Waals surface area contributed by atoms with Gasteiger partial charge in [-0.15, -0.1) is 0 Å². The fourth-order valence-electron chi connectivity index (χ4n) is 2.88. The summed E-state index contributed by atoms with van der Waals surface area (Å²) in [6.07, 6.45) is 1.43. The van der Waals surface area contributed by atoms with E-state index in [1.165, 1.54) is 24.4 Å². The van der Waals surface area contributed by atoms with Gasteiger partial charge in [-0.1, -0.05) is 46.7 Å². The number of benzene rings is 2. The lowest BCUT2D eigenvalue weighted by Gasteiger charge is -2.27. The summed E-state index contributed by atoms with van der Waals surface area (Å²) in [7, 11) is 0. The molecule has 0 unspecified atom stereocenters. The zero-order valence-electron chi connectivity index (χ0n) is 17.5. The zero-order valence-corrected chi connectivity index (χ0v) is 17.5. The zero-order chi connectivity index (χ0) is 22.0. The van der Waals surface area contributed by atoms with E-state index in [0.717, 1.165) is 11.1 Å². The van der Waals surface area contributed by atoms with E-state index in [9.17, 15) is 15.2 Å². The second kappa shape index (κ2) is 7.93. The van der Waals surface area contributed by atoms with Crippen LogP contribution in [0.4, 0.5) is 17.1 Å². The summed E-state index contributed by atoms with van der Waals surface area (Å²) in [5, 5.41) is 25.4. The maximum Gasteiger partial charge on any atom is 0.270 e. The van der Waals surface area contributed by atoms with Crippen LogP contribution in [0, 0.1) is 10.1 Å². The molecule has 0 saturated carbocycles. The maximum absolute atomic E-state index is 11.1. The number of aliphatic imine (C=N–C) groups is 1. The Hall–Kier alpha value is -3.38. The van der Waals surface area contributed by atoms with Crippen LogP contribution in [-0.2, 0) is 10.8 Å². The molecule has 8 heteroatoms. The maximum atomic E-state index is 11.1. The van der Waals surface area contributed by atoms with Crippen molar-refractivity contribution in [2.75, 3.05) is 0 Å². The summed E-state index contributed by atoms with van der Waals surface area (Å²) in [4.78, 5) is 17.8. The molecule has 0 atom stereocenters. The van der Waals surface area contributed by atoms with Crippen LogP contribution in [0.25, 0.3) is 10.4 Å². The first-order valence-corrected chi connectivity index (χ1v) is 9.10. The molecule has 0 saturated heterocycles. The minimum absolute atomic E-state index is 0.125. The number of azide groups is 1. The topological polar surface area (TPSA) is 124 Å². The molecule has 0 bridgehead atoms. The van der Waals surface area contributed by atoms with Crippen molar-refractivity contribution in [2.45, 2.75) is 52.4 Å². The number of nitro groups is 1. The Bertz CT molecular complexity index is 989. The van der Waals surface area contributed by atoms with E-state index in [-0.39, 0.29) is 28.0 Å². The molecule has 1 N–H and O–H groups in total. The average molecular weight is 395 g/mol. The number of non-ortho nitro benzene ring substituents is 1. The predicted octanol–water partition coefficient (Wildman–Crippen LogP) is 6.59. The summed E-state index contributed by atoms with van der Waals surface area (Å²) in [6, 6.07) is 7.56. The van der Waals surface area contributed by atoms with Gasteiger partial charge in [0.25, 0.3) is 5.69 Å². The number of phenols is 1. The van der Waals surface area contributed by atoms with Gasteiger partial charge in [-0.05, 0) is 34.6 Å². The Morgan fingerprint density at radius 3 is 2.07 bits per heavy atom. The van der Waals surface area contributed by atoms with Crippen molar-refractivity contribution in [2.24, 2.45) is 10.1 Å². The lowest BCUT2D eigenvalue weighted by atomic mass is 9.79. The SMILES string of the molecule is CC(C)(C)c1cc(N=Cc2cc([N+](=O)[O-])ccc2N=[N+]=[N-])cc(C(C)(C)C)c1O. The van der Waals surface area contributed by atoms with Crippen molar-refractivity contribution in [1.29, 1.82) is 0 Å². The third-order valence-corrected chi connectivity index (χ3v) is 4.44. The molecular formula is C21H25N5O3. The Kier molecular flexibility index (Phi) is 5.99. The lowest BCUT2D eigenvalue weighted by Crippen LogP contribution is -2.16. The van der Waals surface area contributed by atoms with E-state index in [4.69, 9.17) is 5.53 Å². The van der Waals surface area contributed by atoms with Crippen LogP contribution in [0.5, 0.6) is 5.75 Å². The van der Waals surface area contributed by atoms with Crippen LogP contribution in [0.1, 0.15) is 58.2 Å². The molecule has 0 radical (unpaired) electrons. The minimum atomic E-state index is -0.521. The summed E-state index contributed by atoms with van der Waals surface area (Å²) in [6.45, 7) is 12.0. The summed E-state index contributed by atoms with van der Waals surface area (Å²) >= 11 is 0. The van der Waals surface area contributed by atoms with Crippen molar-refractivity contribution in [3.05, 3.63) is 67.6 Å². The number of rotatable bonds is 4. The minimum Gasteiger partial charge on any atom is -0.507 e. The number of hydrogen-bond donors (Lipinski definition) is 1. The third kappa shape index (κ3) is 5.12. The van der Waals surface area contributed by atoms with Gasteiger partial charge >= 0.3 is 0 Å². The first kappa shape index (κ1) is 21.9. The van der Waals surface area contributed by atoms with Crippen molar-refractivity contribution in [1.82, 2.24) is 0 Å². The number of nitro benzene ring substituents is 1. The van der Waals surface area contributed by atoms with Gasteiger partial charge in [-0.2, -0.15) is 0 Å². The van der Waals surface area contributed by atoms with Gasteiger partial charge in [0.1, 0.15) is 5.75 Å².